The average Bonchev–Trinajstić information content (AvgIpc) is 2.77. The lowest BCUT2D eigenvalue weighted by atomic mass is 9.99. The smallest absolute Gasteiger partial charge is 0.338 e. The summed E-state index contributed by atoms with van der Waals surface area (Å²) in [5.74, 6) is -2.52. The van der Waals surface area contributed by atoms with Gasteiger partial charge in [-0.25, -0.2) is 19.2 Å². The summed E-state index contributed by atoms with van der Waals surface area (Å²) in [5.41, 5.74) is 0.802. The standard InChI is InChI=1S/C24H24O8/c1-15(2)21(25)29-11-13-31-23(27)18-9-5-7-17-8-6-10-19(20(17)18)24(28)32-14-12-30-22(26)16(3)4/h5-10H,1,3,11-14H2,2,4H3. The van der Waals surface area contributed by atoms with Crippen molar-refractivity contribution in [2.75, 3.05) is 26.4 Å². The number of hydrogen-bond acceptors (Lipinski definition) is 8. The van der Waals surface area contributed by atoms with Gasteiger partial charge in [-0.3, -0.25) is 0 Å². The van der Waals surface area contributed by atoms with Gasteiger partial charge in [0.25, 0.3) is 0 Å². The van der Waals surface area contributed by atoms with Crippen LogP contribution in [0.4, 0.5) is 0 Å². The normalized spacial score (nSPS) is 10.2. The van der Waals surface area contributed by atoms with Gasteiger partial charge in [0.05, 0.1) is 11.1 Å². The predicted molar refractivity (Wildman–Crippen MR) is 116 cm³/mol. The van der Waals surface area contributed by atoms with Crippen LogP contribution in [0.5, 0.6) is 0 Å². The Labute approximate surface area is 185 Å². The summed E-state index contributed by atoms with van der Waals surface area (Å²) in [6.45, 7) is 9.38. The summed E-state index contributed by atoms with van der Waals surface area (Å²) < 4.78 is 20.2. The van der Waals surface area contributed by atoms with E-state index in [0.717, 1.165) is 0 Å². The van der Waals surface area contributed by atoms with Crippen molar-refractivity contribution >= 4 is 34.6 Å². The maximum atomic E-state index is 12.6. The number of hydrogen-bond donors (Lipinski definition) is 0. The van der Waals surface area contributed by atoms with E-state index in [2.05, 4.69) is 13.2 Å². The van der Waals surface area contributed by atoms with Crippen molar-refractivity contribution in [3.05, 3.63) is 71.8 Å². The highest BCUT2D eigenvalue weighted by Gasteiger charge is 2.19. The van der Waals surface area contributed by atoms with Gasteiger partial charge in [-0.05, 0) is 31.4 Å². The van der Waals surface area contributed by atoms with Gasteiger partial charge in [0.15, 0.2) is 0 Å². The van der Waals surface area contributed by atoms with Gasteiger partial charge in [0.2, 0.25) is 0 Å². The summed E-state index contributed by atoms with van der Waals surface area (Å²) in [6, 6.07) is 9.85. The molecule has 0 heterocycles. The van der Waals surface area contributed by atoms with Crippen LogP contribution in [0.3, 0.4) is 0 Å². The number of carbonyl (C=O) groups excluding carboxylic acids is 4. The molecule has 0 unspecified atom stereocenters. The van der Waals surface area contributed by atoms with Gasteiger partial charge in [-0.2, -0.15) is 0 Å². The molecule has 0 saturated carbocycles. The van der Waals surface area contributed by atoms with Crippen LogP contribution < -0.4 is 0 Å². The Morgan fingerprint density at radius 1 is 0.656 bits per heavy atom. The lowest BCUT2D eigenvalue weighted by Crippen LogP contribution is -2.16. The maximum absolute atomic E-state index is 12.6. The Morgan fingerprint density at radius 2 is 1.03 bits per heavy atom. The van der Waals surface area contributed by atoms with Crippen LogP contribution in [0, 0.1) is 0 Å². The molecule has 168 valence electrons. The average molecular weight is 440 g/mol. The lowest BCUT2D eigenvalue weighted by molar-refractivity contribution is -0.140. The van der Waals surface area contributed by atoms with Crippen molar-refractivity contribution in [1.82, 2.24) is 0 Å². The molecule has 8 nitrogen and oxygen atoms in total. The molecule has 0 aliphatic heterocycles. The highest BCUT2D eigenvalue weighted by molar-refractivity contribution is 6.13. The predicted octanol–water partition coefficient (Wildman–Crippen LogP) is 3.39. The van der Waals surface area contributed by atoms with E-state index in [9.17, 15) is 19.2 Å². The second-order valence-corrected chi connectivity index (χ2v) is 6.81. The third-order valence-corrected chi connectivity index (χ3v) is 4.14. The van der Waals surface area contributed by atoms with Crippen molar-refractivity contribution in [2.24, 2.45) is 0 Å². The van der Waals surface area contributed by atoms with Crippen LogP contribution in [0.1, 0.15) is 34.6 Å². The quantitative estimate of drug-likeness (QED) is 0.240. The highest BCUT2D eigenvalue weighted by atomic mass is 16.6. The van der Waals surface area contributed by atoms with Gasteiger partial charge >= 0.3 is 23.9 Å². The zero-order valence-electron chi connectivity index (χ0n) is 18.0. The van der Waals surface area contributed by atoms with Gasteiger partial charge in [0, 0.05) is 16.5 Å². The largest absolute Gasteiger partial charge is 0.459 e. The van der Waals surface area contributed by atoms with Crippen molar-refractivity contribution in [3.8, 4) is 0 Å². The summed E-state index contributed by atoms with van der Waals surface area (Å²) in [6.07, 6.45) is 0. The molecule has 0 N–H and O–H groups in total. The summed E-state index contributed by atoms with van der Waals surface area (Å²) >= 11 is 0. The molecule has 0 aliphatic carbocycles. The van der Waals surface area contributed by atoms with Gasteiger partial charge in [-0.1, -0.05) is 37.4 Å². The van der Waals surface area contributed by atoms with E-state index >= 15 is 0 Å². The summed E-state index contributed by atoms with van der Waals surface area (Å²) in [4.78, 5) is 48.0. The first-order chi connectivity index (χ1) is 15.2. The molecule has 8 heteroatoms. The lowest BCUT2D eigenvalue weighted by Gasteiger charge is -2.12. The molecule has 0 spiro atoms. The van der Waals surface area contributed by atoms with E-state index in [-0.39, 0.29) is 48.7 Å². The molecule has 2 aromatic carbocycles. The van der Waals surface area contributed by atoms with E-state index in [4.69, 9.17) is 18.9 Å². The second-order valence-electron chi connectivity index (χ2n) is 6.81. The van der Waals surface area contributed by atoms with Crippen molar-refractivity contribution in [3.63, 3.8) is 0 Å². The fourth-order valence-corrected chi connectivity index (χ4v) is 2.62. The Bertz CT molecular complexity index is 986. The molecule has 0 bridgehead atoms. The number of carbonyl (C=O) groups is 4. The summed E-state index contributed by atoms with van der Waals surface area (Å²) in [7, 11) is 0. The van der Waals surface area contributed by atoms with Crippen LogP contribution in [0.25, 0.3) is 10.8 Å². The van der Waals surface area contributed by atoms with Crippen molar-refractivity contribution < 1.29 is 38.1 Å². The van der Waals surface area contributed by atoms with Crippen LogP contribution in [-0.2, 0) is 28.5 Å². The Balaban J connectivity index is 2.10. The second kappa shape index (κ2) is 11.5. The Hall–Kier alpha value is -3.94. The summed E-state index contributed by atoms with van der Waals surface area (Å²) in [5, 5.41) is 0.999. The zero-order valence-corrected chi connectivity index (χ0v) is 18.0. The molecule has 0 atom stereocenters. The van der Waals surface area contributed by atoms with E-state index in [1.165, 1.54) is 26.0 Å². The minimum absolute atomic E-state index is 0.125. The van der Waals surface area contributed by atoms with Crippen molar-refractivity contribution in [1.29, 1.82) is 0 Å². The van der Waals surface area contributed by atoms with Gasteiger partial charge in [-0.15, -0.1) is 0 Å². The van der Waals surface area contributed by atoms with Crippen LogP contribution in [0.2, 0.25) is 0 Å². The molecular weight excluding hydrogens is 416 g/mol. The maximum Gasteiger partial charge on any atom is 0.338 e. The number of ether oxygens (including phenoxy) is 4. The van der Waals surface area contributed by atoms with Crippen LogP contribution in [-0.4, -0.2) is 50.3 Å². The molecule has 2 aromatic rings. The Morgan fingerprint density at radius 3 is 1.41 bits per heavy atom. The molecule has 0 fully saturated rings. The minimum atomic E-state index is -0.683. The van der Waals surface area contributed by atoms with Crippen LogP contribution >= 0.6 is 0 Å². The molecule has 0 radical (unpaired) electrons. The minimum Gasteiger partial charge on any atom is -0.459 e. The third-order valence-electron chi connectivity index (χ3n) is 4.14. The molecule has 0 saturated heterocycles. The SMILES string of the molecule is C=C(C)C(=O)OCCOC(=O)c1cccc2cccc(C(=O)OCCOC(=O)C(=C)C)c12. The van der Waals surface area contributed by atoms with E-state index in [1.54, 1.807) is 24.3 Å². The molecular formula is C24H24O8. The van der Waals surface area contributed by atoms with E-state index in [0.29, 0.717) is 10.8 Å². The van der Waals surface area contributed by atoms with Gasteiger partial charge in [0.1, 0.15) is 26.4 Å². The molecule has 0 aliphatic rings. The van der Waals surface area contributed by atoms with E-state index < -0.39 is 23.9 Å². The number of esters is 4. The first-order valence-corrected chi connectivity index (χ1v) is 9.73. The monoisotopic (exact) mass is 440 g/mol. The number of benzene rings is 2. The number of fused-ring (bicyclic) bond motifs is 1. The Kier molecular flexibility index (Phi) is 8.71. The third kappa shape index (κ3) is 6.53. The zero-order chi connectivity index (χ0) is 23.7. The fourth-order valence-electron chi connectivity index (χ4n) is 2.62. The molecule has 2 rings (SSSR count). The van der Waals surface area contributed by atoms with Crippen LogP contribution in [0.15, 0.2) is 60.7 Å². The molecule has 32 heavy (non-hydrogen) atoms. The van der Waals surface area contributed by atoms with E-state index in [1.807, 2.05) is 0 Å². The first-order valence-electron chi connectivity index (χ1n) is 9.73. The highest BCUT2D eigenvalue weighted by Crippen LogP contribution is 2.24. The topological polar surface area (TPSA) is 105 Å². The molecule has 0 amide bonds. The fraction of sp³-hybridized carbons (Fsp3) is 0.250. The first kappa shape index (κ1) is 24.3. The molecule has 0 aromatic heterocycles. The number of rotatable bonds is 10. The van der Waals surface area contributed by atoms with Crippen molar-refractivity contribution in [2.45, 2.75) is 13.8 Å². The van der Waals surface area contributed by atoms with Gasteiger partial charge < -0.3 is 18.9 Å².